The number of nitrogens with zero attached hydrogens (tertiary/aromatic N) is 6. The zero-order valence-corrected chi connectivity index (χ0v) is 20.0. The van der Waals surface area contributed by atoms with Gasteiger partial charge in [-0.05, 0) is 63.1 Å². The molecule has 0 saturated heterocycles. The van der Waals surface area contributed by atoms with Crippen molar-refractivity contribution in [3.8, 4) is 6.07 Å². The standard InChI is InChI=1S/C24H27F3N6O3/c1-23(2,21-30-20(31-36-21)24(25,26)27)13-32(22(34)35)11-16-4-3-5-17(8-16)12-33-14-29-18-7-6-15(10-28)9-19(18)33/h6-7,9,14,16-17H,3-5,8,11-13H2,1-2H3,(H,34,35)/t16?,17-/m0/s1. The first kappa shape index (κ1) is 25.5. The SMILES string of the molecule is CC(C)(CN(CC1CCC[C@H](Cn2cnc3ccc(C#N)cc32)C1)C(=O)O)c1nc(C(F)(F)F)no1. The van der Waals surface area contributed by atoms with Crippen LogP contribution in [0.15, 0.2) is 29.0 Å². The largest absolute Gasteiger partial charge is 0.465 e. The third kappa shape index (κ3) is 5.61. The quantitative estimate of drug-likeness (QED) is 0.477. The van der Waals surface area contributed by atoms with Crippen molar-refractivity contribution in [2.24, 2.45) is 11.8 Å². The summed E-state index contributed by atoms with van der Waals surface area (Å²) in [6, 6.07) is 7.52. The van der Waals surface area contributed by atoms with Gasteiger partial charge in [0.05, 0.1) is 34.4 Å². The topological polar surface area (TPSA) is 121 Å². The van der Waals surface area contributed by atoms with Gasteiger partial charge in [0.15, 0.2) is 0 Å². The monoisotopic (exact) mass is 504 g/mol. The second-order valence-corrected chi connectivity index (χ2v) is 10.1. The summed E-state index contributed by atoms with van der Waals surface area (Å²) in [7, 11) is 0. The van der Waals surface area contributed by atoms with E-state index in [4.69, 9.17) is 4.52 Å². The van der Waals surface area contributed by atoms with Crippen LogP contribution < -0.4 is 0 Å². The van der Waals surface area contributed by atoms with Crippen LogP contribution in [0.2, 0.25) is 0 Å². The van der Waals surface area contributed by atoms with Gasteiger partial charge in [-0.3, -0.25) is 0 Å². The first-order chi connectivity index (χ1) is 17.0. The fraction of sp³-hybridized carbons (Fsp3) is 0.542. The summed E-state index contributed by atoms with van der Waals surface area (Å²) in [5, 5.41) is 22.0. The van der Waals surface area contributed by atoms with Crippen LogP contribution in [-0.4, -0.2) is 48.9 Å². The molecule has 36 heavy (non-hydrogen) atoms. The van der Waals surface area contributed by atoms with Crippen LogP contribution in [-0.2, 0) is 18.1 Å². The molecule has 1 N–H and O–H groups in total. The summed E-state index contributed by atoms with van der Waals surface area (Å²) in [5.74, 6) is -1.22. The van der Waals surface area contributed by atoms with Crippen LogP contribution in [0.3, 0.4) is 0 Å². The molecular weight excluding hydrogens is 477 g/mol. The minimum absolute atomic E-state index is 0.0773. The molecule has 0 radical (unpaired) electrons. The van der Waals surface area contributed by atoms with E-state index < -0.39 is 23.5 Å². The first-order valence-electron chi connectivity index (χ1n) is 11.7. The van der Waals surface area contributed by atoms with Crippen LogP contribution in [0.4, 0.5) is 18.0 Å². The maximum Gasteiger partial charge on any atom is 0.455 e. The highest BCUT2D eigenvalue weighted by molar-refractivity contribution is 5.76. The van der Waals surface area contributed by atoms with Gasteiger partial charge in [0.2, 0.25) is 5.89 Å². The molecule has 2 aromatic heterocycles. The average Bonchev–Trinajstić information content (AvgIpc) is 3.47. The molecule has 1 unspecified atom stereocenters. The number of nitriles is 1. The van der Waals surface area contributed by atoms with Crippen LogP contribution in [0.5, 0.6) is 0 Å². The summed E-state index contributed by atoms with van der Waals surface area (Å²) in [5.41, 5.74) is 1.17. The molecular formula is C24H27F3N6O3. The van der Waals surface area contributed by atoms with Gasteiger partial charge in [-0.2, -0.15) is 23.4 Å². The number of rotatable bonds is 7. The van der Waals surface area contributed by atoms with E-state index in [1.165, 1.54) is 4.90 Å². The van der Waals surface area contributed by atoms with Gasteiger partial charge >= 0.3 is 12.3 Å². The van der Waals surface area contributed by atoms with Crippen molar-refractivity contribution >= 4 is 17.1 Å². The number of imidazole rings is 1. The van der Waals surface area contributed by atoms with Crippen LogP contribution >= 0.6 is 0 Å². The van der Waals surface area contributed by atoms with Crippen molar-refractivity contribution in [3.63, 3.8) is 0 Å². The van der Waals surface area contributed by atoms with E-state index in [1.54, 1.807) is 26.2 Å². The van der Waals surface area contributed by atoms with Gasteiger partial charge < -0.3 is 19.1 Å². The van der Waals surface area contributed by atoms with E-state index in [9.17, 15) is 28.3 Å². The molecule has 0 bridgehead atoms. The number of alkyl halides is 3. The lowest BCUT2D eigenvalue weighted by Gasteiger charge is -2.35. The number of benzene rings is 1. The third-order valence-electron chi connectivity index (χ3n) is 6.69. The predicted molar refractivity (Wildman–Crippen MR) is 122 cm³/mol. The lowest BCUT2D eigenvalue weighted by atomic mass is 9.80. The smallest absolute Gasteiger partial charge is 0.455 e. The number of carboxylic acid groups (broad SMARTS) is 1. The molecule has 0 aliphatic heterocycles. The molecule has 2 heterocycles. The summed E-state index contributed by atoms with van der Waals surface area (Å²) < 4.78 is 45.5. The second-order valence-electron chi connectivity index (χ2n) is 10.1. The van der Waals surface area contributed by atoms with Crippen molar-refractivity contribution in [1.82, 2.24) is 24.6 Å². The summed E-state index contributed by atoms with van der Waals surface area (Å²) in [6.45, 7) is 4.06. The molecule has 3 aromatic rings. The Hall–Kier alpha value is -3.62. The molecule has 0 spiro atoms. The van der Waals surface area contributed by atoms with Crippen LogP contribution in [0, 0.1) is 23.2 Å². The van der Waals surface area contributed by atoms with Crippen molar-refractivity contribution < 1.29 is 27.6 Å². The van der Waals surface area contributed by atoms with Gasteiger partial charge in [0, 0.05) is 19.6 Å². The Morgan fingerprint density at radius 2 is 2.06 bits per heavy atom. The third-order valence-corrected chi connectivity index (χ3v) is 6.69. The van der Waals surface area contributed by atoms with Crippen molar-refractivity contribution in [2.45, 2.75) is 57.7 Å². The van der Waals surface area contributed by atoms with E-state index in [2.05, 4.69) is 21.2 Å². The maximum absolute atomic E-state index is 12.9. The van der Waals surface area contributed by atoms with Gasteiger partial charge in [0.25, 0.3) is 5.82 Å². The van der Waals surface area contributed by atoms with Gasteiger partial charge in [-0.15, -0.1) is 0 Å². The lowest BCUT2D eigenvalue weighted by molar-refractivity contribution is -0.146. The molecule has 192 valence electrons. The Morgan fingerprint density at radius 1 is 1.31 bits per heavy atom. The van der Waals surface area contributed by atoms with Crippen LogP contribution in [0.1, 0.15) is 56.8 Å². The predicted octanol–water partition coefficient (Wildman–Crippen LogP) is 5.07. The number of hydrogen-bond donors (Lipinski definition) is 1. The molecule has 1 aliphatic carbocycles. The normalized spacial score (nSPS) is 18.8. The Bertz CT molecular complexity index is 1280. The zero-order valence-electron chi connectivity index (χ0n) is 20.0. The minimum atomic E-state index is -4.74. The van der Waals surface area contributed by atoms with Gasteiger partial charge in [0.1, 0.15) is 0 Å². The Kier molecular flexibility index (Phi) is 6.93. The molecule has 1 fully saturated rings. The van der Waals surface area contributed by atoms with E-state index in [-0.39, 0.29) is 24.9 Å². The second kappa shape index (κ2) is 9.79. The molecule has 1 saturated carbocycles. The highest BCUT2D eigenvalue weighted by Crippen LogP contribution is 2.34. The molecule has 2 atom stereocenters. The lowest BCUT2D eigenvalue weighted by Crippen LogP contribution is -2.43. The Labute approximate surface area is 205 Å². The van der Waals surface area contributed by atoms with E-state index >= 15 is 0 Å². The Balaban J connectivity index is 1.42. The minimum Gasteiger partial charge on any atom is -0.465 e. The Morgan fingerprint density at radius 3 is 2.72 bits per heavy atom. The van der Waals surface area contributed by atoms with Crippen molar-refractivity contribution in [1.29, 1.82) is 5.26 Å². The van der Waals surface area contributed by atoms with E-state index in [0.29, 0.717) is 18.0 Å². The fourth-order valence-electron chi connectivity index (χ4n) is 4.96. The average molecular weight is 505 g/mol. The number of carbonyl (C=O) groups is 1. The van der Waals surface area contributed by atoms with Crippen molar-refractivity contribution in [2.75, 3.05) is 13.1 Å². The van der Waals surface area contributed by atoms with Gasteiger partial charge in [-0.25, -0.2) is 9.78 Å². The number of aromatic nitrogens is 4. The molecule has 12 heteroatoms. The molecule has 1 aliphatic rings. The molecule has 9 nitrogen and oxygen atoms in total. The number of hydrogen-bond acceptors (Lipinski definition) is 6. The zero-order chi connectivity index (χ0) is 26.1. The first-order valence-corrected chi connectivity index (χ1v) is 11.7. The summed E-state index contributed by atoms with van der Waals surface area (Å²) in [6.07, 6.45) is -0.511. The number of halogens is 3. The van der Waals surface area contributed by atoms with Crippen molar-refractivity contribution in [3.05, 3.63) is 41.8 Å². The molecule has 1 amide bonds. The van der Waals surface area contributed by atoms with Gasteiger partial charge in [-0.1, -0.05) is 11.6 Å². The summed E-state index contributed by atoms with van der Waals surface area (Å²) >= 11 is 0. The number of amides is 1. The maximum atomic E-state index is 12.9. The fourth-order valence-corrected chi connectivity index (χ4v) is 4.96. The highest BCUT2D eigenvalue weighted by Gasteiger charge is 2.40. The molecule has 1 aromatic carbocycles. The summed E-state index contributed by atoms with van der Waals surface area (Å²) in [4.78, 5) is 21.1. The van der Waals surface area contributed by atoms with E-state index in [1.807, 2.05) is 16.7 Å². The molecule has 4 rings (SSSR count). The number of fused-ring (bicyclic) bond motifs is 1. The highest BCUT2D eigenvalue weighted by atomic mass is 19.4. The van der Waals surface area contributed by atoms with E-state index in [0.717, 1.165) is 36.7 Å². The van der Waals surface area contributed by atoms with Crippen LogP contribution in [0.25, 0.3) is 11.0 Å².